The molecule has 3 rings (SSSR count). The van der Waals surface area contributed by atoms with Crippen LogP contribution in [0.15, 0.2) is 91.0 Å². The Kier molecular flexibility index (Phi) is 9.67. The van der Waals surface area contributed by atoms with Crippen molar-refractivity contribution >= 4 is 23.8 Å². The van der Waals surface area contributed by atoms with E-state index >= 15 is 0 Å². The van der Waals surface area contributed by atoms with E-state index in [1.165, 1.54) is 15.9 Å². The Morgan fingerprint density at radius 1 is 0.409 bits per heavy atom. The van der Waals surface area contributed by atoms with Crippen molar-refractivity contribution in [2.75, 3.05) is 0 Å². The van der Waals surface area contributed by atoms with Gasteiger partial charge in [-0.3, -0.25) is 0 Å². The van der Waals surface area contributed by atoms with E-state index in [-0.39, 0.29) is 31.3 Å². The first kappa shape index (κ1) is 20.6. The van der Waals surface area contributed by atoms with Gasteiger partial charge in [-0.2, -0.15) is 0 Å². The summed E-state index contributed by atoms with van der Waals surface area (Å²) in [7, 11) is -0.877. The van der Waals surface area contributed by atoms with Crippen molar-refractivity contribution in [3.63, 3.8) is 0 Å². The Balaban J connectivity index is 0.00000147. The molecule has 0 amide bonds. The van der Waals surface area contributed by atoms with Crippen molar-refractivity contribution < 1.29 is 16.5 Å². The predicted molar refractivity (Wildman–Crippen MR) is 99.4 cm³/mol. The average molecular weight is 352 g/mol. The zero-order valence-electron chi connectivity index (χ0n) is 13.0. The summed E-state index contributed by atoms with van der Waals surface area (Å²) < 4.78 is 0. The van der Waals surface area contributed by atoms with Crippen molar-refractivity contribution in [1.29, 1.82) is 0 Å². The van der Waals surface area contributed by atoms with Crippen LogP contribution in [0, 0.1) is 14.9 Å². The molecule has 0 aromatic heterocycles. The summed E-state index contributed by atoms with van der Waals surface area (Å²) in [5.41, 5.74) is 0. The standard InChI is InChI=1S/C18H15P.2CH3.Ni/c1-4-10-16(11-5-1)19(17-12-6-2-7-13-17)18-14-8-3-9-15-18;;;/h1-15H;2*1H3;/q;2*-1;+2/p+1. The van der Waals surface area contributed by atoms with E-state index in [1.807, 2.05) is 0 Å². The first-order valence-electron chi connectivity index (χ1n) is 6.48. The summed E-state index contributed by atoms with van der Waals surface area (Å²) in [6.45, 7) is 0. The van der Waals surface area contributed by atoms with E-state index in [1.54, 1.807) is 0 Å². The van der Waals surface area contributed by atoms with Crippen molar-refractivity contribution in [3.05, 3.63) is 106 Å². The molecule has 0 aliphatic heterocycles. The van der Waals surface area contributed by atoms with Crippen LogP contribution in [0.3, 0.4) is 0 Å². The molecule has 0 bridgehead atoms. The molecule has 0 saturated heterocycles. The van der Waals surface area contributed by atoms with Gasteiger partial charge in [0, 0.05) is 0 Å². The van der Waals surface area contributed by atoms with E-state index < -0.39 is 7.92 Å². The third-order valence-corrected chi connectivity index (χ3v) is 5.92. The van der Waals surface area contributed by atoms with Gasteiger partial charge in [0.15, 0.2) is 0 Å². The predicted octanol–water partition coefficient (Wildman–Crippen LogP) is 4.08. The van der Waals surface area contributed by atoms with Crippen LogP contribution in [0.4, 0.5) is 0 Å². The van der Waals surface area contributed by atoms with Gasteiger partial charge < -0.3 is 14.9 Å². The molecule has 0 aliphatic rings. The second kappa shape index (κ2) is 10.3. The molecule has 2 heteroatoms. The molecule has 0 heterocycles. The molecule has 0 radical (unpaired) electrons. The molecule has 3 aromatic carbocycles. The number of benzene rings is 3. The summed E-state index contributed by atoms with van der Waals surface area (Å²) in [5, 5.41) is 4.31. The summed E-state index contributed by atoms with van der Waals surface area (Å²) in [6.07, 6.45) is 0. The minimum Gasteiger partial charge on any atom is -0.358 e. The van der Waals surface area contributed by atoms with Crippen LogP contribution in [0.2, 0.25) is 0 Å². The van der Waals surface area contributed by atoms with E-state index in [0.29, 0.717) is 0 Å². The Labute approximate surface area is 146 Å². The van der Waals surface area contributed by atoms with E-state index in [4.69, 9.17) is 0 Å². The van der Waals surface area contributed by atoms with Crippen molar-refractivity contribution in [2.45, 2.75) is 0 Å². The van der Waals surface area contributed by atoms with Gasteiger partial charge in [0.05, 0.1) is 7.92 Å². The number of hydrogen-bond acceptors (Lipinski definition) is 0. The Bertz CT molecular complexity index is 530. The maximum atomic E-state index is 2.24. The number of rotatable bonds is 3. The SMILES string of the molecule is [CH3-].[CH3-].[Ni+2].c1ccc([PH+](c2ccccc2)c2ccccc2)cc1. The molecular weight excluding hydrogens is 330 g/mol. The van der Waals surface area contributed by atoms with Crippen LogP contribution < -0.4 is 15.9 Å². The Morgan fingerprint density at radius 2 is 0.636 bits per heavy atom. The fraction of sp³-hybridized carbons (Fsp3) is 0. The Hall–Kier alpha value is -1.42. The Morgan fingerprint density at radius 3 is 0.864 bits per heavy atom. The van der Waals surface area contributed by atoms with Crippen LogP contribution in [0.1, 0.15) is 0 Å². The first-order chi connectivity index (χ1) is 9.45. The minimum atomic E-state index is -0.877. The van der Waals surface area contributed by atoms with Gasteiger partial charge in [-0.25, -0.2) is 0 Å². The second-order valence-corrected chi connectivity index (χ2v) is 6.96. The van der Waals surface area contributed by atoms with Crippen LogP contribution in [0.5, 0.6) is 0 Å². The number of hydrogen-bond donors (Lipinski definition) is 0. The van der Waals surface area contributed by atoms with Crippen LogP contribution >= 0.6 is 7.92 Å². The van der Waals surface area contributed by atoms with Crippen molar-refractivity contribution in [3.8, 4) is 0 Å². The van der Waals surface area contributed by atoms with Crippen LogP contribution in [-0.2, 0) is 16.5 Å². The summed E-state index contributed by atoms with van der Waals surface area (Å²) in [4.78, 5) is 0. The quantitative estimate of drug-likeness (QED) is 0.379. The summed E-state index contributed by atoms with van der Waals surface area (Å²) >= 11 is 0. The molecule has 0 atom stereocenters. The van der Waals surface area contributed by atoms with Crippen LogP contribution in [-0.4, -0.2) is 0 Å². The van der Waals surface area contributed by atoms with Crippen molar-refractivity contribution in [1.82, 2.24) is 0 Å². The molecule has 116 valence electrons. The van der Waals surface area contributed by atoms with E-state index in [0.717, 1.165) is 0 Å². The molecule has 0 saturated carbocycles. The fourth-order valence-electron chi connectivity index (χ4n) is 2.31. The normalized spacial score (nSPS) is 9.14. The minimum absolute atomic E-state index is 0. The van der Waals surface area contributed by atoms with Gasteiger partial charge >= 0.3 is 16.5 Å². The third kappa shape index (κ3) is 4.80. The molecule has 0 nitrogen and oxygen atoms in total. The van der Waals surface area contributed by atoms with Crippen LogP contribution in [0.25, 0.3) is 0 Å². The monoisotopic (exact) mass is 351 g/mol. The molecule has 22 heavy (non-hydrogen) atoms. The molecule has 0 unspecified atom stereocenters. The smallest absolute Gasteiger partial charge is 0.358 e. The first-order valence-corrected chi connectivity index (χ1v) is 7.98. The average Bonchev–Trinajstić information content (AvgIpc) is 2.51. The maximum Gasteiger partial charge on any atom is 2.00 e. The molecule has 3 aromatic rings. The summed E-state index contributed by atoms with van der Waals surface area (Å²) in [5.74, 6) is 0. The van der Waals surface area contributed by atoms with Gasteiger partial charge in [-0.15, -0.1) is 0 Å². The van der Waals surface area contributed by atoms with Gasteiger partial charge in [0.1, 0.15) is 15.9 Å². The van der Waals surface area contributed by atoms with E-state index in [2.05, 4.69) is 91.0 Å². The maximum absolute atomic E-state index is 2.24. The van der Waals surface area contributed by atoms with Gasteiger partial charge in [0.2, 0.25) is 0 Å². The molecule has 0 aliphatic carbocycles. The van der Waals surface area contributed by atoms with Gasteiger partial charge in [0.25, 0.3) is 0 Å². The van der Waals surface area contributed by atoms with Gasteiger partial charge in [-0.1, -0.05) is 54.6 Å². The zero-order valence-corrected chi connectivity index (χ0v) is 15.0. The zero-order chi connectivity index (χ0) is 12.9. The van der Waals surface area contributed by atoms with Gasteiger partial charge in [-0.05, 0) is 36.4 Å². The molecule has 0 fully saturated rings. The summed E-state index contributed by atoms with van der Waals surface area (Å²) in [6, 6.07) is 32.5. The topological polar surface area (TPSA) is 0 Å². The largest absolute Gasteiger partial charge is 2.00 e. The van der Waals surface area contributed by atoms with Crippen molar-refractivity contribution in [2.24, 2.45) is 0 Å². The molecule has 0 N–H and O–H groups in total. The third-order valence-electron chi connectivity index (χ3n) is 3.19. The van der Waals surface area contributed by atoms with E-state index in [9.17, 15) is 0 Å². The molecule has 0 spiro atoms. The molecular formula is C20H22NiP+. The second-order valence-electron chi connectivity index (χ2n) is 4.47. The fourth-order valence-corrected chi connectivity index (χ4v) is 4.89.